The number of hydrogen-bond acceptors (Lipinski definition) is 5. The van der Waals surface area contributed by atoms with E-state index in [9.17, 15) is 13.2 Å². The van der Waals surface area contributed by atoms with Crippen LogP contribution in [0.25, 0.3) is 0 Å². The van der Waals surface area contributed by atoms with Crippen LogP contribution in [0.5, 0.6) is 0 Å². The zero-order valence-electron chi connectivity index (χ0n) is 18.6. The minimum Gasteiger partial charge on any atom is -0.378 e. The Labute approximate surface area is 185 Å². The summed E-state index contributed by atoms with van der Waals surface area (Å²) in [5.74, 6) is -0.346. The van der Waals surface area contributed by atoms with Crippen LogP contribution in [0.2, 0.25) is 0 Å². The van der Waals surface area contributed by atoms with Gasteiger partial charge < -0.3 is 15.0 Å². The number of aryl methyl sites for hydroxylation is 2. The van der Waals surface area contributed by atoms with Gasteiger partial charge in [0, 0.05) is 25.3 Å². The first-order valence-corrected chi connectivity index (χ1v) is 12.3. The second-order valence-corrected chi connectivity index (χ2v) is 9.92. The number of sulfonamides is 1. The van der Waals surface area contributed by atoms with E-state index in [0.29, 0.717) is 12.2 Å². The average molecular weight is 446 g/mol. The normalized spacial score (nSPS) is 15.4. The van der Waals surface area contributed by atoms with Crippen molar-refractivity contribution in [3.8, 4) is 0 Å². The summed E-state index contributed by atoms with van der Waals surface area (Å²) in [6, 6.07) is 12.7. The van der Waals surface area contributed by atoms with Crippen LogP contribution in [0.1, 0.15) is 23.6 Å². The van der Waals surface area contributed by atoms with E-state index in [1.165, 1.54) is 4.31 Å². The van der Waals surface area contributed by atoms with Crippen molar-refractivity contribution in [2.24, 2.45) is 0 Å². The lowest BCUT2D eigenvalue weighted by Gasteiger charge is -2.29. The Morgan fingerprint density at radius 2 is 1.68 bits per heavy atom. The molecule has 1 aliphatic heterocycles. The summed E-state index contributed by atoms with van der Waals surface area (Å²) in [5, 5.41) is 2.87. The Morgan fingerprint density at radius 3 is 2.23 bits per heavy atom. The maximum absolute atomic E-state index is 12.8. The van der Waals surface area contributed by atoms with Crippen LogP contribution in [0.3, 0.4) is 0 Å². The second kappa shape index (κ2) is 9.70. The van der Waals surface area contributed by atoms with Gasteiger partial charge in [0.2, 0.25) is 15.9 Å². The van der Waals surface area contributed by atoms with Crippen molar-refractivity contribution < 1.29 is 17.9 Å². The second-order valence-electron chi connectivity index (χ2n) is 8.06. The third kappa shape index (κ3) is 5.98. The molecule has 1 fully saturated rings. The average Bonchev–Trinajstić information content (AvgIpc) is 2.71. The summed E-state index contributed by atoms with van der Waals surface area (Å²) >= 11 is 0. The number of nitrogens with one attached hydrogen (secondary N) is 1. The fourth-order valence-electron chi connectivity index (χ4n) is 3.87. The van der Waals surface area contributed by atoms with E-state index in [2.05, 4.69) is 10.2 Å². The molecule has 1 saturated heterocycles. The molecule has 1 unspecified atom stereocenters. The molecular formula is C23H31N3O4S. The van der Waals surface area contributed by atoms with E-state index in [4.69, 9.17) is 4.74 Å². The summed E-state index contributed by atoms with van der Waals surface area (Å²) < 4.78 is 31.6. The fourth-order valence-corrected chi connectivity index (χ4v) is 5.03. The largest absolute Gasteiger partial charge is 0.378 e. The molecule has 0 aliphatic carbocycles. The van der Waals surface area contributed by atoms with Gasteiger partial charge in [-0.05, 0) is 61.7 Å². The van der Waals surface area contributed by atoms with Crippen molar-refractivity contribution in [3.63, 3.8) is 0 Å². The van der Waals surface area contributed by atoms with Gasteiger partial charge in [-0.25, -0.2) is 8.42 Å². The maximum atomic E-state index is 12.8. The lowest BCUT2D eigenvalue weighted by Crippen LogP contribution is -2.47. The third-order valence-corrected chi connectivity index (χ3v) is 6.57. The highest BCUT2D eigenvalue weighted by molar-refractivity contribution is 7.92. The molecule has 0 radical (unpaired) electrons. The molecule has 2 aromatic rings. The molecule has 7 nitrogen and oxygen atoms in total. The molecule has 0 bridgehead atoms. The van der Waals surface area contributed by atoms with Crippen LogP contribution in [-0.4, -0.2) is 52.9 Å². The van der Waals surface area contributed by atoms with Crippen LogP contribution in [0.15, 0.2) is 42.5 Å². The number of morpholine rings is 1. The third-order valence-electron chi connectivity index (χ3n) is 5.33. The van der Waals surface area contributed by atoms with Crippen molar-refractivity contribution in [1.29, 1.82) is 0 Å². The smallest absolute Gasteiger partial charge is 0.243 e. The quantitative estimate of drug-likeness (QED) is 0.709. The van der Waals surface area contributed by atoms with Gasteiger partial charge in [0.15, 0.2) is 0 Å². The highest BCUT2D eigenvalue weighted by Crippen LogP contribution is 2.24. The van der Waals surface area contributed by atoms with E-state index >= 15 is 0 Å². The van der Waals surface area contributed by atoms with Gasteiger partial charge in [0.1, 0.15) is 6.04 Å². The SMILES string of the molecule is Cc1cc(C)cc(N(C(C)C(=O)NCc2ccc(N3CCOCC3)cc2)S(C)(=O)=O)c1. The molecule has 31 heavy (non-hydrogen) atoms. The number of carbonyl (C=O) groups excluding carboxylic acids is 1. The van der Waals surface area contributed by atoms with E-state index < -0.39 is 16.1 Å². The number of ether oxygens (including phenoxy) is 1. The highest BCUT2D eigenvalue weighted by atomic mass is 32.2. The number of benzene rings is 2. The molecule has 1 heterocycles. The van der Waals surface area contributed by atoms with Gasteiger partial charge in [-0.1, -0.05) is 18.2 Å². The molecule has 168 valence electrons. The Balaban J connectivity index is 1.68. The molecule has 0 aromatic heterocycles. The first-order chi connectivity index (χ1) is 14.6. The molecule has 1 atom stereocenters. The minimum absolute atomic E-state index is 0.330. The van der Waals surface area contributed by atoms with Gasteiger partial charge in [0.05, 0.1) is 25.2 Å². The number of hydrogen-bond donors (Lipinski definition) is 1. The molecule has 1 aliphatic rings. The first kappa shape index (κ1) is 23.1. The molecule has 2 aromatic carbocycles. The van der Waals surface area contributed by atoms with Crippen molar-refractivity contribution in [2.45, 2.75) is 33.4 Å². The molecule has 8 heteroatoms. The summed E-state index contributed by atoms with van der Waals surface area (Å²) in [6.45, 7) is 8.94. The number of rotatable bonds is 7. The van der Waals surface area contributed by atoms with Crippen LogP contribution < -0.4 is 14.5 Å². The van der Waals surface area contributed by atoms with Crippen molar-refractivity contribution >= 4 is 27.3 Å². The lowest BCUT2D eigenvalue weighted by molar-refractivity contribution is -0.122. The van der Waals surface area contributed by atoms with E-state index in [0.717, 1.165) is 54.9 Å². The van der Waals surface area contributed by atoms with Crippen molar-refractivity contribution in [1.82, 2.24) is 5.32 Å². The zero-order chi connectivity index (χ0) is 22.6. The molecule has 0 spiro atoms. The maximum Gasteiger partial charge on any atom is 0.243 e. The molecule has 3 rings (SSSR count). The zero-order valence-corrected chi connectivity index (χ0v) is 19.4. The monoisotopic (exact) mass is 445 g/mol. The van der Waals surface area contributed by atoms with Crippen LogP contribution in [0.4, 0.5) is 11.4 Å². The number of carbonyl (C=O) groups is 1. The predicted molar refractivity (Wildman–Crippen MR) is 124 cm³/mol. The minimum atomic E-state index is -3.64. The Hall–Kier alpha value is -2.58. The van der Waals surface area contributed by atoms with Gasteiger partial charge in [-0.15, -0.1) is 0 Å². The molecule has 0 saturated carbocycles. The molecule has 1 N–H and O–H groups in total. The topological polar surface area (TPSA) is 79.0 Å². The van der Waals surface area contributed by atoms with Crippen LogP contribution >= 0.6 is 0 Å². The van der Waals surface area contributed by atoms with Crippen LogP contribution in [0, 0.1) is 13.8 Å². The molecular weight excluding hydrogens is 414 g/mol. The predicted octanol–water partition coefficient (Wildman–Crippen LogP) is 2.61. The number of amides is 1. The van der Waals surface area contributed by atoms with Gasteiger partial charge >= 0.3 is 0 Å². The first-order valence-electron chi connectivity index (χ1n) is 10.4. The van der Waals surface area contributed by atoms with Gasteiger partial charge in [-0.3, -0.25) is 9.10 Å². The van der Waals surface area contributed by atoms with E-state index in [1.54, 1.807) is 19.1 Å². The van der Waals surface area contributed by atoms with E-state index in [-0.39, 0.29) is 5.91 Å². The Kier molecular flexibility index (Phi) is 7.23. The number of nitrogens with zero attached hydrogens (tertiary/aromatic N) is 2. The standard InChI is InChI=1S/C23H31N3O4S/c1-17-13-18(2)15-22(14-17)26(31(4,28)29)19(3)23(27)24-16-20-5-7-21(8-6-20)25-9-11-30-12-10-25/h5-8,13-15,19H,9-12,16H2,1-4H3,(H,24,27). The summed E-state index contributed by atoms with van der Waals surface area (Å²) in [6.07, 6.45) is 1.12. The fraction of sp³-hybridized carbons (Fsp3) is 0.435. The molecule has 1 amide bonds. The lowest BCUT2D eigenvalue weighted by atomic mass is 10.1. The summed E-state index contributed by atoms with van der Waals surface area (Å²) in [5.41, 5.74) is 4.46. The van der Waals surface area contributed by atoms with Crippen LogP contribution in [-0.2, 0) is 26.1 Å². The Bertz CT molecular complexity index is 995. The van der Waals surface area contributed by atoms with E-state index in [1.807, 2.05) is 44.2 Å². The summed E-state index contributed by atoms with van der Waals surface area (Å²) in [7, 11) is -3.64. The Morgan fingerprint density at radius 1 is 1.10 bits per heavy atom. The highest BCUT2D eigenvalue weighted by Gasteiger charge is 2.29. The number of anilines is 2. The van der Waals surface area contributed by atoms with Crippen molar-refractivity contribution in [3.05, 3.63) is 59.2 Å². The van der Waals surface area contributed by atoms with Gasteiger partial charge in [0.25, 0.3) is 0 Å². The summed E-state index contributed by atoms with van der Waals surface area (Å²) in [4.78, 5) is 15.1. The van der Waals surface area contributed by atoms with Gasteiger partial charge in [-0.2, -0.15) is 0 Å². The van der Waals surface area contributed by atoms with Crippen molar-refractivity contribution in [2.75, 3.05) is 41.8 Å².